The SMILES string of the molecule is C=CC(=C(C)C)c1ccc(CCC2C[C@@H](CCc3ccc(-c4ccccc4C)nc3)C[C@@H](CCc3ccc(-c4ccccc4C)nc3)C2)cn1. The van der Waals surface area contributed by atoms with Gasteiger partial charge in [-0.2, -0.15) is 0 Å². The first kappa shape index (κ1) is 35.2. The highest BCUT2D eigenvalue weighted by Crippen LogP contribution is 2.40. The smallest absolute Gasteiger partial charge is 0.0704 e. The van der Waals surface area contributed by atoms with E-state index < -0.39 is 0 Å². The summed E-state index contributed by atoms with van der Waals surface area (Å²) in [7, 11) is 0. The maximum absolute atomic E-state index is 4.87. The van der Waals surface area contributed by atoms with Gasteiger partial charge in [-0.25, -0.2) is 0 Å². The Morgan fingerprint density at radius 1 is 0.580 bits per heavy atom. The van der Waals surface area contributed by atoms with E-state index in [0.717, 1.165) is 59.7 Å². The van der Waals surface area contributed by atoms with E-state index in [1.165, 1.54) is 83.0 Å². The lowest BCUT2D eigenvalue weighted by Crippen LogP contribution is -2.24. The Bertz CT molecular complexity index is 1780. The minimum atomic E-state index is 0.739. The second-order valence-electron chi connectivity index (χ2n) is 14.8. The predicted molar refractivity (Wildman–Crippen MR) is 211 cm³/mol. The van der Waals surface area contributed by atoms with Gasteiger partial charge in [-0.3, -0.25) is 15.0 Å². The van der Waals surface area contributed by atoms with Crippen LogP contribution in [0.25, 0.3) is 28.1 Å². The van der Waals surface area contributed by atoms with Crippen LogP contribution in [-0.2, 0) is 19.3 Å². The topological polar surface area (TPSA) is 38.7 Å². The first-order chi connectivity index (χ1) is 24.4. The Balaban J connectivity index is 1.10. The summed E-state index contributed by atoms with van der Waals surface area (Å²) in [6, 6.07) is 30.5. The molecule has 0 aliphatic heterocycles. The fourth-order valence-corrected chi connectivity index (χ4v) is 8.00. The molecule has 1 aliphatic carbocycles. The van der Waals surface area contributed by atoms with Gasteiger partial charge in [0.15, 0.2) is 0 Å². The van der Waals surface area contributed by atoms with E-state index in [9.17, 15) is 0 Å². The Morgan fingerprint density at radius 2 is 1.00 bits per heavy atom. The predicted octanol–water partition coefficient (Wildman–Crippen LogP) is 12.0. The third kappa shape index (κ3) is 9.13. The second-order valence-corrected chi connectivity index (χ2v) is 14.8. The molecule has 3 heteroatoms. The number of aryl methyl sites for hydroxylation is 5. The molecule has 1 aliphatic rings. The van der Waals surface area contributed by atoms with Crippen LogP contribution in [0.5, 0.6) is 0 Å². The van der Waals surface area contributed by atoms with Gasteiger partial charge in [-0.1, -0.05) is 85.0 Å². The van der Waals surface area contributed by atoms with Gasteiger partial charge in [0, 0.05) is 29.7 Å². The van der Waals surface area contributed by atoms with Crippen LogP contribution in [-0.4, -0.2) is 15.0 Å². The van der Waals surface area contributed by atoms with Crippen molar-refractivity contribution in [3.8, 4) is 22.5 Å². The third-order valence-electron chi connectivity index (χ3n) is 10.9. The highest BCUT2D eigenvalue weighted by Gasteiger charge is 2.28. The Kier molecular flexibility index (Phi) is 11.9. The molecule has 0 radical (unpaired) electrons. The first-order valence-electron chi connectivity index (χ1n) is 18.6. The van der Waals surface area contributed by atoms with Gasteiger partial charge >= 0.3 is 0 Å². The maximum atomic E-state index is 4.87. The van der Waals surface area contributed by atoms with Gasteiger partial charge in [0.1, 0.15) is 0 Å². The fraction of sp³-hybridized carbons (Fsp3) is 0.340. The van der Waals surface area contributed by atoms with Crippen molar-refractivity contribution in [3.63, 3.8) is 0 Å². The number of rotatable bonds is 13. The lowest BCUT2D eigenvalue weighted by molar-refractivity contribution is 0.172. The van der Waals surface area contributed by atoms with E-state index >= 15 is 0 Å². The van der Waals surface area contributed by atoms with Gasteiger partial charge in [0.25, 0.3) is 0 Å². The van der Waals surface area contributed by atoms with Gasteiger partial charge in [-0.15, -0.1) is 0 Å². The molecule has 3 atom stereocenters. The molecule has 0 spiro atoms. The number of pyridine rings is 3. The number of allylic oxidation sites excluding steroid dienone is 3. The zero-order chi connectivity index (χ0) is 34.9. The molecule has 0 amide bonds. The van der Waals surface area contributed by atoms with E-state index in [4.69, 9.17) is 15.0 Å². The molecule has 1 fully saturated rings. The molecule has 5 aromatic rings. The highest BCUT2D eigenvalue weighted by atomic mass is 14.7. The normalized spacial score (nSPS) is 17.3. The van der Waals surface area contributed by atoms with Gasteiger partial charge in [0.2, 0.25) is 0 Å². The van der Waals surface area contributed by atoms with Crippen LogP contribution in [0.1, 0.15) is 85.9 Å². The first-order valence-corrected chi connectivity index (χ1v) is 18.6. The molecule has 1 unspecified atom stereocenters. The quantitative estimate of drug-likeness (QED) is 0.118. The van der Waals surface area contributed by atoms with Gasteiger partial charge < -0.3 is 0 Å². The van der Waals surface area contributed by atoms with Crippen molar-refractivity contribution in [2.45, 2.75) is 85.5 Å². The van der Waals surface area contributed by atoms with E-state index in [0.29, 0.717) is 0 Å². The lowest BCUT2D eigenvalue weighted by Gasteiger charge is -2.35. The number of benzene rings is 2. The summed E-state index contributed by atoms with van der Waals surface area (Å²) in [5, 5.41) is 0. The number of aromatic nitrogens is 3. The molecular weight excluding hydrogens is 607 g/mol. The number of hydrogen-bond donors (Lipinski definition) is 0. The maximum Gasteiger partial charge on any atom is 0.0704 e. The molecular formula is C47H53N3. The van der Waals surface area contributed by atoms with Crippen LogP contribution in [0, 0.1) is 31.6 Å². The molecule has 3 heterocycles. The van der Waals surface area contributed by atoms with Crippen molar-refractivity contribution in [1.29, 1.82) is 0 Å². The molecule has 50 heavy (non-hydrogen) atoms. The average molecular weight is 660 g/mol. The van der Waals surface area contributed by atoms with Gasteiger partial charge in [0.05, 0.1) is 17.1 Å². The molecule has 6 rings (SSSR count). The summed E-state index contributed by atoms with van der Waals surface area (Å²) in [6.07, 6.45) is 19.1. The fourth-order valence-electron chi connectivity index (χ4n) is 8.00. The minimum Gasteiger partial charge on any atom is -0.256 e. The highest BCUT2D eigenvalue weighted by molar-refractivity contribution is 5.73. The van der Waals surface area contributed by atoms with E-state index in [-0.39, 0.29) is 0 Å². The van der Waals surface area contributed by atoms with Crippen molar-refractivity contribution in [1.82, 2.24) is 15.0 Å². The third-order valence-corrected chi connectivity index (χ3v) is 10.9. The standard InChI is InChI=1S/C47H53N3/c1-6-42(33(2)3)45-24-21-36(30-48-45)15-18-39-27-40(19-16-37-22-25-46(49-31-37)43-13-9-7-11-34(43)4)29-41(28-39)20-17-38-23-26-47(50-32-38)44-14-10-8-12-35(44)5/h6-14,21-26,30-32,39-41H,1,15-20,27-29H2,2-5H3/t39?,40-,41+. The van der Waals surface area contributed by atoms with Crippen molar-refractivity contribution in [2.24, 2.45) is 17.8 Å². The summed E-state index contributed by atoms with van der Waals surface area (Å²) >= 11 is 0. The molecule has 0 bridgehead atoms. The number of nitrogens with zero attached hydrogens (tertiary/aromatic N) is 3. The van der Waals surface area contributed by atoms with E-state index in [1.54, 1.807) is 0 Å². The zero-order valence-corrected chi connectivity index (χ0v) is 30.5. The van der Waals surface area contributed by atoms with Crippen molar-refractivity contribution >= 4 is 5.57 Å². The Labute approximate surface area is 300 Å². The average Bonchev–Trinajstić information content (AvgIpc) is 3.14. The van der Waals surface area contributed by atoms with Crippen LogP contribution < -0.4 is 0 Å². The zero-order valence-electron chi connectivity index (χ0n) is 30.5. The van der Waals surface area contributed by atoms with Crippen LogP contribution in [0.2, 0.25) is 0 Å². The minimum absolute atomic E-state index is 0.739. The second kappa shape index (κ2) is 16.9. The summed E-state index contributed by atoms with van der Waals surface area (Å²) in [5.41, 5.74) is 14.5. The Morgan fingerprint density at radius 3 is 1.34 bits per heavy atom. The molecule has 3 nitrogen and oxygen atoms in total. The van der Waals surface area contributed by atoms with Crippen molar-refractivity contribution < 1.29 is 0 Å². The van der Waals surface area contributed by atoms with Crippen molar-refractivity contribution in [2.75, 3.05) is 0 Å². The molecule has 2 aromatic carbocycles. The molecule has 1 saturated carbocycles. The van der Waals surface area contributed by atoms with Crippen LogP contribution >= 0.6 is 0 Å². The van der Waals surface area contributed by atoms with E-state index in [1.807, 2.05) is 6.08 Å². The largest absolute Gasteiger partial charge is 0.256 e. The summed E-state index contributed by atoms with van der Waals surface area (Å²) in [5.74, 6) is 2.22. The summed E-state index contributed by atoms with van der Waals surface area (Å²) in [4.78, 5) is 14.6. The summed E-state index contributed by atoms with van der Waals surface area (Å²) in [6.45, 7) is 12.6. The lowest BCUT2D eigenvalue weighted by atomic mass is 9.70. The molecule has 0 saturated heterocycles. The van der Waals surface area contributed by atoms with Crippen molar-refractivity contribution in [3.05, 3.63) is 155 Å². The molecule has 3 aromatic heterocycles. The number of hydrogen-bond acceptors (Lipinski definition) is 3. The van der Waals surface area contributed by atoms with Gasteiger partial charge in [-0.05, 0) is 155 Å². The van der Waals surface area contributed by atoms with Crippen LogP contribution in [0.4, 0.5) is 0 Å². The van der Waals surface area contributed by atoms with E-state index in [2.05, 4.69) is 138 Å². The Hall–Kier alpha value is -4.63. The summed E-state index contributed by atoms with van der Waals surface area (Å²) < 4.78 is 0. The van der Waals surface area contributed by atoms with Crippen LogP contribution in [0.3, 0.4) is 0 Å². The van der Waals surface area contributed by atoms with Crippen LogP contribution in [0.15, 0.2) is 122 Å². The molecule has 256 valence electrons. The monoisotopic (exact) mass is 659 g/mol. The molecule has 0 N–H and O–H groups in total.